The summed E-state index contributed by atoms with van der Waals surface area (Å²) in [4.78, 5) is 14.3. The van der Waals surface area contributed by atoms with Gasteiger partial charge in [-0.3, -0.25) is 4.79 Å². The first kappa shape index (κ1) is 18.0. The van der Waals surface area contributed by atoms with Crippen molar-refractivity contribution in [3.05, 3.63) is 23.8 Å². The van der Waals surface area contributed by atoms with Gasteiger partial charge in [0.15, 0.2) is 0 Å². The van der Waals surface area contributed by atoms with E-state index in [1.54, 1.807) is 0 Å². The van der Waals surface area contributed by atoms with Gasteiger partial charge in [0.25, 0.3) is 0 Å². The highest BCUT2D eigenvalue weighted by atomic mass is 19.4. The van der Waals surface area contributed by atoms with E-state index < -0.39 is 11.7 Å². The monoisotopic (exact) mass is 356 g/mol. The Hall–Kier alpha value is -1.76. The van der Waals surface area contributed by atoms with Crippen LogP contribution in [0.3, 0.4) is 0 Å². The molecule has 2 saturated heterocycles. The van der Waals surface area contributed by atoms with Crippen LogP contribution in [0.4, 0.5) is 24.5 Å². The van der Waals surface area contributed by atoms with Crippen molar-refractivity contribution in [3.63, 3.8) is 0 Å². The van der Waals surface area contributed by atoms with E-state index in [9.17, 15) is 18.0 Å². The summed E-state index contributed by atoms with van der Waals surface area (Å²) in [6, 6.07) is 3.58. The second kappa shape index (κ2) is 7.64. The van der Waals surface area contributed by atoms with Gasteiger partial charge in [-0.1, -0.05) is 0 Å². The van der Waals surface area contributed by atoms with Crippen LogP contribution in [-0.2, 0) is 15.7 Å². The van der Waals surface area contributed by atoms with Gasteiger partial charge in [-0.2, -0.15) is 13.2 Å². The minimum Gasteiger partial charge on any atom is -0.378 e. The first-order valence-corrected chi connectivity index (χ1v) is 8.81. The van der Waals surface area contributed by atoms with Crippen molar-refractivity contribution in [2.75, 3.05) is 29.9 Å². The SMILES string of the molecule is O=C(CC[C@H]1CCCO1)Nc1cc(C(F)(F)F)ccc1N1CCCC1. The van der Waals surface area contributed by atoms with Gasteiger partial charge >= 0.3 is 6.18 Å². The average Bonchev–Trinajstić information content (AvgIpc) is 3.26. The van der Waals surface area contributed by atoms with Crippen LogP contribution in [0.15, 0.2) is 18.2 Å². The summed E-state index contributed by atoms with van der Waals surface area (Å²) in [5, 5.41) is 2.69. The van der Waals surface area contributed by atoms with Crippen molar-refractivity contribution >= 4 is 17.3 Å². The molecule has 1 aromatic carbocycles. The molecule has 0 radical (unpaired) electrons. The molecule has 3 rings (SSSR count). The third-order valence-corrected chi connectivity index (χ3v) is 4.76. The predicted molar refractivity (Wildman–Crippen MR) is 89.7 cm³/mol. The summed E-state index contributed by atoms with van der Waals surface area (Å²) in [6.45, 7) is 2.31. The average molecular weight is 356 g/mol. The zero-order valence-electron chi connectivity index (χ0n) is 14.1. The number of amides is 1. The fourth-order valence-corrected chi connectivity index (χ4v) is 3.42. The standard InChI is InChI=1S/C18H23F3N2O2/c19-18(20,21)13-5-7-16(23-9-1-2-10-23)15(12-13)22-17(24)8-6-14-4-3-11-25-14/h5,7,12,14H,1-4,6,8-11H2,(H,22,24)/t14-/m1/s1. The number of halogens is 3. The highest BCUT2D eigenvalue weighted by Gasteiger charge is 2.32. The van der Waals surface area contributed by atoms with E-state index >= 15 is 0 Å². The summed E-state index contributed by atoms with van der Waals surface area (Å²) >= 11 is 0. The van der Waals surface area contributed by atoms with Crippen LogP contribution in [0.5, 0.6) is 0 Å². The van der Waals surface area contributed by atoms with Crippen LogP contribution in [0.1, 0.15) is 44.1 Å². The van der Waals surface area contributed by atoms with E-state index in [0.717, 1.165) is 57.5 Å². The molecule has 2 fully saturated rings. The molecule has 0 saturated carbocycles. The van der Waals surface area contributed by atoms with Gasteiger partial charge < -0.3 is 15.0 Å². The Morgan fingerprint density at radius 3 is 2.64 bits per heavy atom. The predicted octanol–water partition coefficient (Wildman–Crippen LogP) is 4.20. The zero-order chi connectivity index (χ0) is 17.9. The number of hydrogen-bond donors (Lipinski definition) is 1. The fraction of sp³-hybridized carbons (Fsp3) is 0.611. The smallest absolute Gasteiger partial charge is 0.378 e. The maximum atomic E-state index is 13.0. The Labute approximate surface area is 145 Å². The molecular weight excluding hydrogens is 333 g/mol. The van der Waals surface area contributed by atoms with Crippen molar-refractivity contribution in [1.82, 2.24) is 0 Å². The second-order valence-corrected chi connectivity index (χ2v) is 6.65. The lowest BCUT2D eigenvalue weighted by Gasteiger charge is -2.23. The molecule has 0 spiro atoms. The summed E-state index contributed by atoms with van der Waals surface area (Å²) in [7, 11) is 0. The van der Waals surface area contributed by atoms with Crippen LogP contribution in [0.2, 0.25) is 0 Å². The van der Waals surface area contributed by atoms with Crippen molar-refractivity contribution in [3.8, 4) is 0 Å². The molecule has 4 nitrogen and oxygen atoms in total. The van der Waals surface area contributed by atoms with E-state index in [4.69, 9.17) is 4.74 Å². The van der Waals surface area contributed by atoms with Gasteiger partial charge in [-0.15, -0.1) is 0 Å². The van der Waals surface area contributed by atoms with E-state index in [-0.39, 0.29) is 24.1 Å². The van der Waals surface area contributed by atoms with E-state index in [1.807, 2.05) is 4.90 Å². The number of alkyl halides is 3. The summed E-state index contributed by atoms with van der Waals surface area (Å²) in [5.41, 5.74) is 0.162. The highest BCUT2D eigenvalue weighted by Crippen LogP contribution is 2.36. The number of hydrogen-bond acceptors (Lipinski definition) is 3. The van der Waals surface area contributed by atoms with Crippen LogP contribution in [-0.4, -0.2) is 31.7 Å². The van der Waals surface area contributed by atoms with Gasteiger partial charge in [0.1, 0.15) is 0 Å². The first-order chi connectivity index (χ1) is 11.9. The quantitative estimate of drug-likeness (QED) is 0.860. The van der Waals surface area contributed by atoms with E-state index in [1.165, 1.54) is 6.07 Å². The normalized spacial score (nSPS) is 20.9. The third kappa shape index (κ3) is 4.66. The Morgan fingerprint density at radius 2 is 2.00 bits per heavy atom. The molecule has 1 aromatic rings. The minimum atomic E-state index is -4.43. The van der Waals surface area contributed by atoms with Crippen molar-refractivity contribution < 1.29 is 22.7 Å². The van der Waals surface area contributed by atoms with Gasteiger partial charge in [-0.05, 0) is 50.3 Å². The topological polar surface area (TPSA) is 41.6 Å². The van der Waals surface area contributed by atoms with Crippen molar-refractivity contribution in [2.45, 2.75) is 50.8 Å². The van der Waals surface area contributed by atoms with Crippen LogP contribution in [0, 0.1) is 0 Å². The van der Waals surface area contributed by atoms with Crippen LogP contribution < -0.4 is 10.2 Å². The van der Waals surface area contributed by atoms with Gasteiger partial charge in [-0.25, -0.2) is 0 Å². The van der Waals surface area contributed by atoms with Gasteiger partial charge in [0.2, 0.25) is 5.91 Å². The lowest BCUT2D eigenvalue weighted by atomic mass is 10.1. The number of nitrogens with zero attached hydrogens (tertiary/aromatic N) is 1. The maximum Gasteiger partial charge on any atom is 0.416 e. The molecule has 1 atom stereocenters. The molecule has 25 heavy (non-hydrogen) atoms. The third-order valence-electron chi connectivity index (χ3n) is 4.76. The maximum absolute atomic E-state index is 13.0. The zero-order valence-corrected chi connectivity index (χ0v) is 14.1. The number of anilines is 2. The Morgan fingerprint density at radius 1 is 1.24 bits per heavy atom. The van der Waals surface area contributed by atoms with E-state index in [2.05, 4.69) is 5.32 Å². The molecule has 138 valence electrons. The summed E-state index contributed by atoms with van der Waals surface area (Å²) in [6.07, 6.45) is 0.464. The number of carbonyl (C=O) groups is 1. The number of ether oxygens (including phenoxy) is 1. The summed E-state index contributed by atoms with van der Waals surface area (Å²) in [5.74, 6) is -0.268. The first-order valence-electron chi connectivity index (χ1n) is 8.81. The molecule has 0 bridgehead atoms. The van der Waals surface area contributed by atoms with Crippen LogP contribution in [0.25, 0.3) is 0 Å². The van der Waals surface area contributed by atoms with Gasteiger partial charge in [0, 0.05) is 26.1 Å². The van der Waals surface area contributed by atoms with E-state index in [0.29, 0.717) is 12.1 Å². The molecule has 0 aromatic heterocycles. The number of nitrogens with one attached hydrogen (secondary N) is 1. The fourth-order valence-electron chi connectivity index (χ4n) is 3.42. The number of rotatable bonds is 5. The highest BCUT2D eigenvalue weighted by molar-refractivity contribution is 5.94. The van der Waals surface area contributed by atoms with Crippen molar-refractivity contribution in [2.24, 2.45) is 0 Å². The molecule has 2 heterocycles. The lowest BCUT2D eigenvalue weighted by molar-refractivity contribution is -0.137. The molecule has 7 heteroatoms. The Bertz CT molecular complexity index is 607. The van der Waals surface area contributed by atoms with Gasteiger partial charge in [0.05, 0.1) is 23.0 Å². The van der Waals surface area contributed by atoms with Crippen LogP contribution >= 0.6 is 0 Å². The largest absolute Gasteiger partial charge is 0.416 e. The molecule has 0 aliphatic carbocycles. The molecule has 1 amide bonds. The molecule has 2 aliphatic rings. The Kier molecular flexibility index (Phi) is 5.51. The molecule has 2 aliphatic heterocycles. The molecule has 1 N–H and O–H groups in total. The lowest BCUT2D eigenvalue weighted by Crippen LogP contribution is -2.22. The Balaban J connectivity index is 1.72. The number of carbonyl (C=O) groups excluding carboxylic acids is 1. The number of benzene rings is 1. The molecule has 0 unspecified atom stereocenters. The minimum absolute atomic E-state index is 0.0883. The molecular formula is C18H23F3N2O2. The summed E-state index contributed by atoms with van der Waals surface area (Å²) < 4.78 is 44.6. The van der Waals surface area contributed by atoms with Crippen molar-refractivity contribution in [1.29, 1.82) is 0 Å². The second-order valence-electron chi connectivity index (χ2n) is 6.65.